The number of benzene rings is 2. The van der Waals surface area contributed by atoms with Crippen LogP contribution >= 0.6 is 11.8 Å². The Balaban J connectivity index is 1.37. The summed E-state index contributed by atoms with van der Waals surface area (Å²) >= 11 is 1.71. The summed E-state index contributed by atoms with van der Waals surface area (Å²) in [6.45, 7) is 9.39. The van der Waals surface area contributed by atoms with Crippen LogP contribution in [0.3, 0.4) is 0 Å². The number of nitrogens with zero attached hydrogens (tertiary/aromatic N) is 2. The SMILES string of the molecule is CCCCN1C(=O)[C@H](CC(C)C)NC(=O)C12CCN(Cc1ccc(Oc3ccc(SC)cc3)cc1)CC2. The molecule has 1 atom stereocenters. The molecular formula is C30H41N3O3S. The number of carbonyl (C=O) groups is 2. The predicted octanol–water partition coefficient (Wildman–Crippen LogP) is 5.71. The van der Waals surface area contributed by atoms with Crippen LogP contribution in [0.1, 0.15) is 58.4 Å². The van der Waals surface area contributed by atoms with Crippen molar-refractivity contribution in [2.75, 3.05) is 25.9 Å². The Morgan fingerprint density at radius 3 is 2.22 bits per heavy atom. The van der Waals surface area contributed by atoms with Crippen molar-refractivity contribution < 1.29 is 14.3 Å². The van der Waals surface area contributed by atoms with Gasteiger partial charge in [0.2, 0.25) is 11.8 Å². The molecule has 2 saturated heterocycles. The molecule has 0 unspecified atom stereocenters. The minimum atomic E-state index is -0.709. The van der Waals surface area contributed by atoms with Gasteiger partial charge in [-0.3, -0.25) is 14.5 Å². The molecule has 2 aromatic rings. The monoisotopic (exact) mass is 523 g/mol. The van der Waals surface area contributed by atoms with Gasteiger partial charge >= 0.3 is 0 Å². The van der Waals surface area contributed by atoms with E-state index in [1.165, 1.54) is 10.5 Å². The average molecular weight is 524 g/mol. The van der Waals surface area contributed by atoms with Crippen molar-refractivity contribution in [2.24, 2.45) is 5.92 Å². The Morgan fingerprint density at radius 1 is 1.03 bits per heavy atom. The lowest BCUT2D eigenvalue weighted by atomic mass is 9.80. The molecule has 0 bridgehead atoms. The average Bonchev–Trinajstić information content (AvgIpc) is 2.90. The largest absolute Gasteiger partial charge is 0.457 e. The van der Waals surface area contributed by atoms with Crippen molar-refractivity contribution in [3.05, 3.63) is 54.1 Å². The maximum absolute atomic E-state index is 13.4. The van der Waals surface area contributed by atoms with Crippen molar-refractivity contribution in [2.45, 2.75) is 75.9 Å². The number of unbranched alkanes of at least 4 members (excludes halogenated alkanes) is 1. The van der Waals surface area contributed by atoms with Gasteiger partial charge in [0.1, 0.15) is 23.1 Å². The number of hydrogen-bond acceptors (Lipinski definition) is 5. The number of piperazine rings is 1. The van der Waals surface area contributed by atoms with Crippen LogP contribution in [0.2, 0.25) is 0 Å². The summed E-state index contributed by atoms with van der Waals surface area (Å²) in [4.78, 5) is 32.4. The normalized spacial score (nSPS) is 19.9. The van der Waals surface area contributed by atoms with Gasteiger partial charge in [0.05, 0.1) is 0 Å². The van der Waals surface area contributed by atoms with Gasteiger partial charge in [-0.15, -0.1) is 11.8 Å². The topological polar surface area (TPSA) is 61.9 Å². The molecule has 0 saturated carbocycles. The summed E-state index contributed by atoms with van der Waals surface area (Å²) in [6, 6.07) is 16.0. The van der Waals surface area contributed by atoms with Gasteiger partial charge in [-0.2, -0.15) is 0 Å². The summed E-state index contributed by atoms with van der Waals surface area (Å²) in [5, 5.41) is 3.10. The van der Waals surface area contributed by atoms with Gasteiger partial charge in [0, 0.05) is 31.1 Å². The maximum atomic E-state index is 13.4. The van der Waals surface area contributed by atoms with E-state index in [0.717, 1.165) is 44.0 Å². The van der Waals surface area contributed by atoms with E-state index in [4.69, 9.17) is 4.74 Å². The number of amides is 2. The summed E-state index contributed by atoms with van der Waals surface area (Å²) in [7, 11) is 0. The van der Waals surface area contributed by atoms with E-state index in [0.29, 0.717) is 31.7 Å². The number of ether oxygens (including phenoxy) is 1. The van der Waals surface area contributed by atoms with Crippen LogP contribution in [-0.4, -0.2) is 59.1 Å². The number of likely N-dealkylation sites (tertiary alicyclic amines) is 1. The number of piperidine rings is 1. The molecule has 1 N–H and O–H groups in total. The zero-order valence-corrected chi connectivity index (χ0v) is 23.5. The van der Waals surface area contributed by atoms with E-state index in [9.17, 15) is 9.59 Å². The fourth-order valence-electron chi connectivity index (χ4n) is 5.43. The molecule has 200 valence electrons. The van der Waals surface area contributed by atoms with Gasteiger partial charge in [-0.25, -0.2) is 0 Å². The van der Waals surface area contributed by atoms with Gasteiger partial charge < -0.3 is 15.0 Å². The van der Waals surface area contributed by atoms with E-state index < -0.39 is 11.6 Å². The molecule has 1 spiro atoms. The molecule has 37 heavy (non-hydrogen) atoms. The summed E-state index contributed by atoms with van der Waals surface area (Å²) in [5.41, 5.74) is 0.504. The lowest BCUT2D eigenvalue weighted by Gasteiger charge is -2.52. The summed E-state index contributed by atoms with van der Waals surface area (Å²) < 4.78 is 5.99. The highest BCUT2D eigenvalue weighted by atomic mass is 32.2. The number of hydrogen-bond donors (Lipinski definition) is 1. The van der Waals surface area contributed by atoms with E-state index in [-0.39, 0.29) is 11.8 Å². The number of nitrogens with one attached hydrogen (secondary N) is 1. The smallest absolute Gasteiger partial charge is 0.246 e. The Kier molecular flexibility index (Phi) is 9.19. The van der Waals surface area contributed by atoms with E-state index in [1.54, 1.807) is 11.8 Å². The third-order valence-electron chi connectivity index (χ3n) is 7.56. The molecule has 6 nitrogen and oxygen atoms in total. The number of rotatable bonds is 10. The Labute approximate surface area is 226 Å². The van der Waals surface area contributed by atoms with Crippen LogP contribution in [0.25, 0.3) is 0 Å². The minimum Gasteiger partial charge on any atom is -0.457 e. The molecule has 0 radical (unpaired) electrons. The first-order chi connectivity index (χ1) is 17.8. The molecule has 2 aromatic carbocycles. The second kappa shape index (κ2) is 12.4. The quantitative estimate of drug-likeness (QED) is 0.404. The van der Waals surface area contributed by atoms with Crippen molar-refractivity contribution in [1.82, 2.24) is 15.1 Å². The fourth-order valence-corrected chi connectivity index (χ4v) is 5.83. The highest BCUT2D eigenvalue weighted by Gasteiger charge is 2.53. The molecule has 2 amide bonds. The van der Waals surface area contributed by atoms with E-state index in [2.05, 4.69) is 61.5 Å². The lowest BCUT2D eigenvalue weighted by molar-refractivity contribution is -0.161. The van der Waals surface area contributed by atoms with Crippen molar-refractivity contribution in [3.63, 3.8) is 0 Å². The lowest BCUT2D eigenvalue weighted by Crippen LogP contribution is -2.73. The minimum absolute atomic E-state index is 0.0422. The third-order valence-corrected chi connectivity index (χ3v) is 8.30. The Hall–Kier alpha value is -2.51. The van der Waals surface area contributed by atoms with Crippen LogP contribution in [0, 0.1) is 5.92 Å². The van der Waals surface area contributed by atoms with Crippen LogP contribution in [0.15, 0.2) is 53.4 Å². The molecule has 0 aliphatic carbocycles. The zero-order chi connectivity index (χ0) is 26.4. The van der Waals surface area contributed by atoms with E-state index >= 15 is 0 Å². The maximum Gasteiger partial charge on any atom is 0.246 e. The third kappa shape index (κ3) is 6.50. The van der Waals surface area contributed by atoms with Gasteiger partial charge in [-0.1, -0.05) is 39.3 Å². The van der Waals surface area contributed by atoms with Crippen LogP contribution in [-0.2, 0) is 16.1 Å². The molecule has 4 rings (SSSR count). The van der Waals surface area contributed by atoms with Crippen molar-refractivity contribution >= 4 is 23.6 Å². The molecule has 2 aliphatic rings. The fraction of sp³-hybridized carbons (Fsp3) is 0.533. The van der Waals surface area contributed by atoms with Gasteiger partial charge in [0.15, 0.2) is 0 Å². The standard InChI is InChI=1S/C30H41N3O3S/c1-5-6-17-33-28(34)27(20-22(2)3)31-29(35)30(33)15-18-32(19-16-30)21-23-7-9-24(10-8-23)36-25-11-13-26(37-4)14-12-25/h7-14,22,27H,5-6,15-21H2,1-4H3,(H,31,35)/t27-/m0/s1. The zero-order valence-electron chi connectivity index (χ0n) is 22.7. The van der Waals surface area contributed by atoms with Gasteiger partial charge in [0.25, 0.3) is 0 Å². The molecule has 2 aliphatic heterocycles. The molecular weight excluding hydrogens is 482 g/mol. The Morgan fingerprint density at radius 2 is 1.65 bits per heavy atom. The summed E-state index contributed by atoms with van der Waals surface area (Å²) in [6.07, 6.45) is 6.04. The summed E-state index contributed by atoms with van der Waals surface area (Å²) in [5.74, 6) is 2.15. The number of carbonyl (C=O) groups excluding carboxylic acids is 2. The molecule has 2 heterocycles. The first-order valence-electron chi connectivity index (χ1n) is 13.6. The second-order valence-corrected chi connectivity index (χ2v) is 11.6. The first-order valence-corrected chi connectivity index (χ1v) is 14.8. The van der Waals surface area contributed by atoms with Crippen molar-refractivity contribution in [1.29, 1.82) is 0 Å². The van der Waals surface area contributed by atoms with Crippen LogP contribution in [0.5, 0.6) is 11.5 Å². The van der Waals surface area contributed by atoms with Crippen LogP contribution < -0.4 is 10.1 Å². The van der Waals surface area contributed by atoms with E-state index in [1.807, 2.05) is 29.2 Å². The highest BCUT2D eigenvalue weighted by Crippen LogP contribution is 2.35. The first kappa shape index (κ1) is 27.5. The Bertz CT molecular complexity index is 1050. The molecule has 0 aromatic heterocycles. The predicted molar refractivity (Wildman–Crippen MR) is 150 cm³/mol. The van der Waals surface area contributed by atoms with Gasteiger partial charge in [-0.05, 0) is 79.8 Å². The molecule has 2 fully saturated rings. The second-order valence-electron chi connectivity index (χ2n) is 10.7. The highest BCUT2D eigenvalue weighted by molar-refractivity contribution is 7.98. The molecule has 7 heteroatoms. The number of thioether (sulfide) groups is 1. The van der Waals surface area contributed by atoms with Crippen LogP contribution in [0.4, 0.5) is 0 Å². The van der Waals surface area contributed by atoms with Crippen molar-refractivity contribution in [3.8, 4) is 11.5 Å².